The van der Waals surface area contributed by atoms with Crippen molar-refractivity contribution in [2.45, 2.75) is 25.3 Å². The number of aromatic nitrogens is 3. The summed E-state index contributed by atoms with van der Waals surface area (Å²) in [6.07, 6.45) is 1.39. The summed E-state index contributed by atoms with van der Waals surface area (Å²) in [4.78, 5) is 12.7. The van der Waals surface area contributed by atoms with Gasteiger partial charge in [-0.05, 0) is 25.0 Å². The van der Waals surface area contributed by atoms with Crippen LogP contribution >= 0.6 is 0 Å². The van der Waals surface area contributed by atoms with Gasteiger partial charge in [0.1, 0.15) is 17.5 Å². The van der Waals surface area contributed by atoms with Crippen LogP contribution in [0.25, 0.3) is 11.4 Å². The molecule has 7 heteroatoms. The molecule has 0 fully saturated rings. The monoisotopic (exact) mass is 354 g/mol. The van der Waals surface area contributed by atoms with E-state index in [4.69, 9.17) is 0 Å². The summed E-state index contributed by atoms with van der Waals surface area (Å²) in [5.41, 5.74) is 0.883. The van der Waals surface area contributed by atoms with Crippen molar-refractivity contribution in [2.75, 3.05) is 5.32 Å². The molecule has 0 aliphatic carbocycles. The van der Waals surface area contributed by atoms with Crippen LogP contribution in [0.3, 0.4) is 0 Å². The Morgan fingerprint density at radius 1 is 1.12 bits per heavy atom. The number of nitrogens with one attached hydrogen (secondary N) is 1. The maximum atomic E-state index is 13.8. The van der Waals surface area contributed by atoms with Crippen molar-refractivity contribution in [3.05, 3.63) is 66.0 Å². The van der Waals surface area contributed by atoms with Crippen LogP contribution < -0.4 is 5.32 Å². The molecule has 1 aromatic heterocycles. The number of amides is 1. The quantitative estimate of drug-likeness (QED) is 0.779. The van der Waals surface area contributed by atoms with Gasteiger partial charge in [-0.2, -0.15) is 0 Å². The van der Waals surface area contributed by atoms with Gasteiger partial charge in [0.2, 0.25) is 5.91 Å². The number of anilines is 1. The number of benzene rings is 2. The van der Waals surface area contributed by atoms with Gasteiger partial charge in [0.25, 0.3) is 0 Å². The average Bonchev–Trinajstić information content (AvgIpc) is 3.09. The van der Waals surface area contributed by atoms with Crippen molar-refractivity contribution in [3.63, 3.8) is 0 Å². The Hall–Kier alpha value is -3.09. The molecule has 3 aromatic rings. The predicted octanol–water partition coefficient (Wildman–Crippen LogP) is 3.74. The Balaban J connectivity index is 1.62. The number of fused-ring (bicyclic) bond motifs is 1. The summed E-state index contributed by atoms with van der Waals surface area (Å²) in [6, 6.07) is 12.7. The Labute approximate surface area is 148 Å². The molecule has 1 aliphatic rings. The highest BCUT2D eigenvalue weighted by Gasteiger charge is 2.31. The highest BCUT2D eigenvalue weighted by atomic mass is 19.1. The van der Waals surface area contributed by atoms with Crippen molar-refractivity contribution in [1.82, 2.24) is 14.8 Å². The van der Waals surface area contributed by atoms with Crippen LogP contribution in [0.15, 0.2) is 48.5 Å². The second-order valence-electron chi connectivity index (χ2n) is 6.21. The van der Waals surface area contributed by atoms with E-state index in [9.17, 15) is 13.6 Å². The molecule has 0 saturated carbocycles. The van der Waals surface area contributed by atoms with E-state index in [-0.39, 0.29) is 11.6 Å². The van der Waals surface area contributed by atoms with E-state index >= 15 is 0 Å². The highest BCUT2D eigenvalue weighted by Crippen LogP contribution is 2.31. The Kier molecular flexibility index (Phi) is 4.20. The summed E-state index contributed by atoms with van der Waals surface area (Å²) in [7, 11) is 0. The Morgan fingerprint density at radius 2 is 1.92 bits per heavy atom. The molecule has 1 N–H and O–H groups in total. The minimum Gasteiger partial charge on any atom is -0.323 e. The van der Waals surface area contributed by atoms with E-state index in [0.29, 0.717) is 18.1 Å². The van der Waals surface area contributed by atoms with Crippen molar-refractivity contribution < 1.29 is 13.6 Å². The lowest BCUT2D eigenvalue weighted by Gasteiger charge is -2.23. The van der Waals surface area contributed by atoms with Gasteiger partial charge < -0.3 is 9.88 Å². The van der Waals surface area contributed by atoms with Gasteiger partial charge in [0.15, 0.2) is 5.82 Å². The molecule has 1 atom stereocenters. The summed E-state index contributed by atoms with van der Waals surface area (Å²) in [6.45, 7) is 0.723. The number of carbonyl (C=O) groups excluding carboxylic acids is 1. The lowest BCUT2D eigenvalue weighted by atomic mass is 9.97. The van der Waals surface area contributed by atoms with Crippen LogP contribution in [-0.4, -0.2) is 20.7 Å². The van der Waals surface area contributed by atoms with Crippen LogP contribution in [0.2, 0.25) is 0 Å². The first kappa shape index (κ1) is 16.4. The SMILES string of the molecule is O=C(Nc1ccc(F)cc1F)C1CCCn2c(-c3ccccc3)nnc21. The molecular formula is C19H16F2N4O. The van der Waals surface area contributed by atoms with Crippen molar-refractivity contribution in [2.24, 2.45) is 0 Å². The fraction of sp³-hybridized carbons (Fsp3) is 0.211. The Bertz CT molecular complexity index is 955. The second-order valence-corrected chi connectivity index (χ2v) is 6.21. The molecule has 1 aliphatic heterocycles. The van der Waals surface area contributed by atoms with E-state index < -0.39 is 17.6 Å². The summed E-state index contributed by atoms with van der Waals surface area (Å²) in [5.74, 6) is -1.12. The molecule has 26 heavy (non-hydrogen) atoms. The first-order chi connectivity index (χ1) is 12.6. The van der Waals surface area contributed by atoms with Crippen LogP contribution in [0, 0.1) is 11.6 Å². The van der Waals surface area contributed by atoms with Crippen LogP contribution in [0.5, 0.6) is 0 Å². The first-order valence-corrected chi connectivity index (χ1v) is 8.38. The zero-order valence-corrected chi connectivity index (χ0v) is 13.8. The molecule has 2 aromatic carbocycles. The largest absolute Gasteiger partial charge is 0.323 e. The fourth-order valence-corrected chi connectivity index (χ4v) is 3.24. The van der Waals surface area contributed by atoms with Crippen molar-refractivity contribution >= 4 is 11.6 Å². The first-order valence-electron chi connectivity index (χ1n) is 8.38. The highest BCUT2D eigenvalue weighted by molar-refractivity contribution is 5.95. The second kappa shape index (κ2) is 6.67. The minimum atomic E-state index is -0.805. The van der Waals surface area contributed by atoms with Crippen molar-refractivity contribution in [1.29, 1.82) is 0 Å². The number of halogens is 2. The van der Waals surface area contributed by atoms with Gasteiger partial charge in [0, 0.05) is 18.2 Å². The summed E-state index contributed by atoms with van der Waals surface area (Å²) in [5, 5.41) is 11.0. The normalized spacial score (nSPS) is 16.2. The molecule has 4 rings (SSSR count). The smallest absolute Gasteiger partial charge is 0.235 e. The molecule has 5 nitrogen and oxygen atoms in total. The van der Waals surface area contributed by atoms with Crippen LogP contribution in [0.4, 0.5) is 14.5 Å². The molecule has 0 radical (unpaired) electrons. The van der Waals surface area contributed by atoms with Gasteiger partial charge in [-0.25, -0.2) is 8.78 Å². The van der Waals surface area contributed by atoms with Crippen LogP contribution in [0.1, 0.15) is 24.6 Å². The third-order valence-corrected chi connectivity index (χ3v) is 4.50. The summed E-state index contributed by atoms with van der Waals surface area (Å²) >= 11 is 0. The third kappa shape index (κ3) is 2.96. The lowest BCUT2D eigenvalue weighted by molar-refractivity contribution is -0.118. The van der Waals surface area contributed by atoms with E-state index in [1.807, 2.05) is 34.9 Å². The van der Waals surface area contributed by atoms with E-state index in [1.54, 1.807) is 0 Å². The van der Waals surface area contributed by atoms with Gasteiger partial charge in [0.05, 0.1) is 11.6 Å². The van der Waals surface area contributed by atoms with E-state index in [2.05, 4.69) is 15.5 Å². The molecule has 132 valence electrons. The van der Waals surface area contributed by atoms with Crippen LogP contribution in [-0.2, 0) is 11.3 Å². The average molecular weight is 354 g/mol. The molecule has 0 saturated heterocycles. The molecule has 1 unspecified atom stereocenters. The number of carbonyl (C=O) groups is 1. The van der Waals surface area contributed by atoms with E-state index in [0.717, 1.165) is 30.7 Å². The lowest BCUT2D eigenvalue weighted by Crippen LogP contribution is -2.28. The van der Waals surface area contributed by atoms with Gasteiger partial charge in [-0.3, -0.25) is 4.79 Å². The maximum Gasteiger partial charge on any atom is 0.235 e. The third-order valence-electron chi connectivity index (χ3n) is 4.50. The maximum absolute atomic E-state index is 13.8. The molecule has 0 spiro atoms. The van der Waals surface area contributed by atoms with Crippen molar-refractivity contribution in [3.8, 4) is 11.4 Å². The predicted molar refractivity (Wildman–Crippen MR) is 92.4 cm³/mol. The number of nitrogens with zero attached hydrogens (tertiary/aromatic N) is 3. The van der Waals surface area contributed by atoms with Gasteiger partial charge in [-0.1, -0.05) is 30.3 Å². The Morgan fingerprint density at radius 3 is 2.69 bits per heavy atom. The topological polar surface area (TPSA) is 59.8 Å². The zero-order valence-electron chi connectivity index (χ0n) is 13.8. The van der Waals surface area contributed by atoms with Gasteiger partial charge >= 0.3 is 0 Å². The summed E-state index contributed by atoms with van der Waals surface area (Å²) < 4.78 is 28.8. The standard InChI is InChI=1S/C19H16F2N4O/c20-13-8-9-16(15(21)11-13)22-19(26)14-7-4-10-25-17(23-24-18(14)25)12-5-2-1-3-6-12/h1-3,5-6,8-9,11,14H,4,7,10H2,(H,22,26). The number of hydrogen-bond acceptors (Lipinski definition) is 3. The van der Waals surface area contributed by atoms with E-state index in [1.165, 1.54) is 6.07 Å². The minimum absolute atomic E-state index is 0.0451. The number of rotatable bonds is 3. The number of hydrogen-bond donors (Lipinski definition) is 1. The molecule has 2 heterocycles. The van der Waals surface area contributed by atoms with Gasteiger partial charge in [-0.15, -0.1) is 10.2 Å². The molecule has 0 bridgehead atoms. The zero-order chi connectivity index (χ0) is 18.1. The molecular weight excluding hydrogens is 338 g/mol. The fourth-order valence-electron chi connectivity index (χ4n) is 3.24. The molecule has 1 amide bonds.